The van der Waals surface area contributed by atoms with Crippen molar-refractivity contribution >= 4 is 17.7 Å². The number of aliphatic carboxylic acids is 1. The number of carbonyl (C=O) groups is 2. The molecular formula is C29H39NO6. The van der Waals surface area contributed by atoms with E-state index in [0.29, 0.717) is 23.4 Å². The largest absolute Gasteiger partial charge is 0.493 e. The van der Waals surface area contributed by atoms with Crippen LogP contribution < -0.4 is 10.1 Å². The van der Waals surface area contributed by atoms with E-state index >= 15 is 0 Å². The second-order valence-corrected chi connectivity index (χ2v) is 11.6. The summed E-state index contributed by atoms with van der Waals surface area (Å²) in [5.41, 5.74) is 4.33. The van der Waals surface area contributed by atoms with Gasteiger partial charge >= 0.3 is 12.1 Å². The predicted molar refractivity (Wildman–Crippen MR) is 141 cm³/mol. The molecule has 1 heterocycles. The number of amides is 1. The third-order valence-corrected chi connectivity index (χ3v) is 5.86. The Bertz CT molecular complexity index is 1140. The van der Waals surface area contributed by atoms with E-state index in [4.69, 9.17) is 14.2 Å². The molecule has 1 aliphatic heterocycles. The van der Waals surface area contributed by atoms with Crippen LogP contribution in [0.1, 0.15) is 76.3 Å². The monoisotopic (exact) mass is 497 g/mol. The second-order valence-electron chi connectivity index (χ2n) is 11.6. The molecule has 1 amide bonds. The van der Waals surface area contributed by atoms with Crippen molar-refractivity contribution in [2.45, 2.75) is 79.9 Å². The van der Waals surface area contributed by atoms with E-state index in [1.807, 2.05) is 66.7 Å². The van der Waals surface area contributed by atoms with Crippen LogP contribution in [-0.4, -0.2) is 36.0 Å². The molecule has 3 rings (SSSR count). The van der Waals surface area contributed by atoms with Gasteiger partial charge in [0.05, 0.1) is 18.8 Å². The minimum atomic E-state index is -1.24. The molecule has 2 N–H and O–H groups in total. The number of aryl methyl sites for hydroxylation is 2. The van der Waals surface area contributed by atoms with E-state index in [2.05, 4.69) is 11.4 Å². The van der Waals surface area contributed by atoms with Crippen molar-refractivity contribution in [3.05, 3.63) is 46.5 Å². The zero-order chi connectivity index (χ0) is 26.8. The highest BCUT2D eigenvalue weighted by Gasteiger charge is 2.33. The molecule has 36 heavy (non-hydrogen) atoms. The van der Waals surface area contributed by atoms with Gasteiger partial charge in [0.1, 0.15) is 5.75 Å². The van der Waals surface area contributed by atoms with E-state index in [1.165, 1.54) is 0 Å². The molecule has 0 saturated heterocycles. The SMILES string of the molecule is Cc1cc(NC(=O)OCC(C)(C)C)c(C)c(C(OC(C)(C)C)C(=O)O)c1-c1ccc2c(c1)CCCO2. The Morgan fingerprint density at radius 1 is 1.11 bits per heavy atom. The number of fused-ring (bicyclic) bond motifs is 1. The summed E-state index contributed by atoms with van der Waals surface area (Å²) >= 11 is 0. The molecule has 0 bridgehead atoms. The lowest BCUT2D eigenvalue weighted by molar-refractivity contribution is -0.160. The van der Waals surface area contributed by atoms with Crippen LogP contribution in [0, 0.1) is 19.3 Å². The molecule has 2 aromatic rings. The molecule has 7 nitrogen and oxygen atoms in total. The van der Waals surface area contributed by atoms with Crippen LogP contribution >= 0.6 is 0 Å². The summed E-state index contributed by atoms with van der Waals surface area (Å²) in [6.45, 7) is 16.1. The molecule has 0 aliphatic carbocycles. The Balaban J connectivity index is 2.16. The van der Waals surface area contributed by atoms with Crippen molar-refractivity contribution in [2.24, 2.45) is 5.41 Å². The lowest BCUT2D eigenvalue weighted by Crippen LogP contribution is -2.29. The highest BCUT2D eigenvalue weighted by molar-refractivity contribution is 5.90. The Labute approximate surface area is 214 Å². The number of anilines is 1. The molecule has 0 saturated carbocycles. The second kappa shape index (κ2) is 10.5. The number of carbonyl (C=O) groups excluding carboxylic acids is 1. The highest BCUT2D eigenvalue weighted by atomic mass is 16.5. The first-order valence-corrected chi connectivity index (χ1v) is 12.4. The fourth-order valence-corrected chi connectivity index (χ4v) is 4.31. The number of ether oxygens (including phenoxy) is 3. The maximum Gasteiger partial charge on any atom is 0.411 e. The summed E-state index contributed by atoms with van der Waals surface area (Å²) in [5.74, 6) is -0.232. The average molecular weight is 498 g/mol. The first kappa shape index (κ1) is 27.5. The Morgan fingerprint density at radius 3 is 2.42 bits per heavy atom. The van der Waals surface area contributed by atoms with Gasteiger partial charge < -0.3 is 19.3 Å². The van der Waals surface area contributed by atoms with Crippen molar-refractivity contribution in [3.8, 4) is 16.9 Å². The predicted octanol–water partition coefficient (Wildman–Crippen LogP) is 6.83. The number of carboxylic acids is 1. The van der Waals surface area contributed by atoms with Gasteiger partial charge in [-0.1, -0.05) is 26.8 Å². The van der Waals surface area contributed by atoms with E-state index in [9.17, 15) is 14.7 Å². The van der Waals surface area contributed by atoms with E-state index < -0.39 is 23.8 Å². The maximum absolute atomic E-state index is 12.6. The van der Waals surface area contributed by atoms with Gasteiger partial charge in [0.2, 0.25) is 0 Å². The van der Waals surface area contributed by atoms with Crippen molar-refractivity contribution in [3.63, 3.8) is 0 Å². The van der Waals surface area contributed by atoms with E-state index in [0.717, 1.165) is 40.8 Å². The van der Waals surface area contributed by atoms with Crippen molar-refractivity contribution < 1.29 is 28.9 Å². The van der Waals surface area contributed by atoms with Gasteiger partial charge in [0.15, 0.2) is 6.10 Å². The van der Waals surface area contributed by atoms with Gasteiger partial charge in [0, 0.05) is 11.3 Å². The van der Waals surface area contributed by atoms with Gasteiger partial charge in [-0.15, -0.1) is 0 Å². The molecule has 2 aromatic carbocycles. The van der Waals surface area contributed by atoms with Gasteiger partial charge in [0.25, 0.3) is 0 Å². The number of rotatable bonds is 6. The lowest BCUT2D eigenvalue weighted by atomic mass is 9.86. The summed E-state index contributed by atoms with van der Waals surface area (Å²) in [7, 11) is 0. The maximum atomic E-state index is 12.6. The summed E-state index contributed by atoms with van der Waals surface area (Å²) in [4.78, 5) is 25.1. The van der Waals surface area contributed by atoms with Crippen LogP contribution in [0.4, 0.5) is 10.5 Å². The summed E-state index contributed by atoms with van der Waals surface area (Å²) in [5, 5.41) is 13.1. The fraction of sp³-hybridized carbons (Fsp3) is 0.517. The molecule has 7 heteroatoms. The fourth-order valence-electron chi connectivity index (χ4n) is 4.31. The first-order chi connectivity index (χ1) is 16.7. The number of benzene rings is 2. The van der Waals surface area contributed by atoms with E-state index in [-0.39, 0.29) is 12.0 Å². The topological polar surface area (TPSA) is 94.1 Å². The number of nitrogens with one attached hydrogen (secondary N) is 1. The zero-order valence-corrected chi connectivity index (χ0v) is 22.7. The molecule has 1 aliphatic rings. The van der Waals surface area contributed by atoms with Crippen LogP contribution in [0.15, 0.2) is 24.3 Å². The summed E-state index contributed by atoms with van der Waals surface area (Å²) in [6, 6.07) is 7.83. The van der Waals surface area contributed by atoms with Crippen LogP contribution in [0.5, 0.6) is 5.75 Å². The third-order valence-electron chi connectivity index (χ3n) is 5.86. The quantitative estimate of drug-likeness (QED) is 0.454. The molecule has 0 radical (unpaired) electrons. The van der Waals surface area contributed by atoms with Gasteiger partial charge in [-0.25, -0.2) is 9.59 Å². The van der Waals surface area contributed by atoms with Crippen molar-refractivity contribution in [2.75, 3.05) is 18.5 Å². The molecule has 1 atom stereocenters. The molecule has 1 unspecified atom stereocenters. The minimum absolute atomic E-state index is 0.178. The average Bonchev–Trinajstić information content (AvgIpc) is 2.77. The Kier molecular flexibility index (Phi) is 8.04. The Morgan fingerprint density at radius 2 is 1.81 bits per heavy atom. The van der Waals surface area contributed by atoms with Crippen molar-refractivity contribution in [1.29, 1.82) is 0 Å². The molecule has 0 aromatic heterocycles. The number of carboxylic acid groups (broad SMARTS) is 1. The molecule has 0 fully saturated rings. The lowest BCUT2D eigenvalue weighted by Gasteiger charge is -2.30. The normalized spacial score (nSPS) is 14.4. The molecule has 0 spiro atoms. The van der Waals surface area contributed by atoms with Gasteiger partial charge in [-0.2, -0.15) is 0 Å². The van der Waals surface area contributed by atoms with Crippen LogP contribution in [0.2, 0.25) is 0 Å². The zero-order valence-electron chi connectivity index (χ0n) is 22.7. The summed E-state index contributed by atoms with van der Waals surface area (Å²) < 4.78 is 17.3. The van der Waals surface area contributed by atoms with Crippen LogP contribution in [0.3, 0.4) is 0 Å². The Hall–Kier alpha value is -3.06. The van der Waals surface area contributed by atoms with Crippen LogP contribution in [0.25, 0.3) is 11.1 Å². The molecule has 196 valence electrons. The first-order valence-electron chi connectivity index (χ1n) is 12.4. The van der Waals surface area contributed by atoms with Gasteiger partial charge in [-0.3, -0.25) is 5.32 Å². The minimum Gasteiger partial charge on any atom is -0.493 e. The number of hydrogen-bond acceptors (Lipinski definition) is 5. The van der Waals surface area contributed by atoms with E-state index in [1.54, 1.807) is 6.92 Å². The smallest absolute Gasteiger partial charge is 0.411 e. The van der Waals surface area contributed by atoms with Gasteiger partial charge in [-0.05, 0) is 98.9 Å². The number of hydrogen-bond donors (Lipinski definition) is 2. The summed E-state index contributed by atoms with van der Waals surface area (Å²) in [6.07, 6.45) is 0.0153. The van der Waals surface area contributed by atoms with Crippen molar-refractivity contribution in [1.82, 2.24) is 0 Å². The van der Waals surface area contributed by atoms with Crippen LogP contribution in [-0.2, 0) is 20.7 Å². The standard InChI is InChI=1S/C29H39NO6/c1-17-14-21(30-27(33)35-16-28(3,4)5)18(2)24(25(26(31)32)36-29(6,7)8)23(17)20-11-12-22-19(15-20)10-9-13-34-22/h11-12,14-15,25H,9-10,13,16H2,1-8H3,(H,30,33)(H,31,32). The third kappa shape index (κ3) is 6.78. The highest BCUT2D eigenvalue weighted by Crippen LogP contribution is 2.42. The molecular weight excluding hydrogens is 458 g/mol.